The molecule has 0 saturated heterocycles. The second-order valence-corrected chi connectivity index (χ2v) is 5.10. The van der Waals surface area contributed by atoms with E-state index in [9.17, 15) is 0 Å². The normalized spacial score (nSPS) is 12.8. The number of ether oxygens (including phenoxy) is 1. The highest BCUT2D eigenvalue weighted by molar-refractivity contribution is 6.32. The summed E-state index contributed by atoms with van der Waals surface area (Å²) in [6, 6.07) is 6.31. The smallest absolute Gasteiger partial charge is 0.137 e. The number of hydrogen-bond acceptors (Lipinski definition) is 2. The maximum absolute atomic E-state index is 6.25. The summed E-state index contributed by atoms with van der Waals surface area (Å²) in [5.74, 6) is 1.40. The zero-order chi connectivity index (χ0) is 13.5. The van der Waals surface area contributed by atoms with E-state index in [0.29, 0.717) is 17.0 Å². The highest BCUT2D eigenvalue weighted by Gasteiger charge is 2.09. The molecule has 0 amide bonds. The van der Waals surface area contributed by atoms with E-state index in [0.717, 1.165) is 25.2 Å². The Balaban J connectivity index is 2.68. The van der Waals surface area contributed by atoms with Crippen LogP contribution in [0.3, 0.4) is 0 Å². The minimum absolute atomic E-state index is 0.301. The highest BCUT2D eigenvalue weighted by atomic mass is 35.5. The van der Waals surface area contributed by atoms with Crippen LogP contribution < -0.4 is 10.1 Å². The third-order valence-electron chi connectivity index (χ3n) is 3.52. The van der Waals surface area contributed by atoms with Gasteiger partial charge < -0.3 is 10.1 Å². The van der Waals surface area contributed by atoms with Gasteiger partial charge in [0.05, 0.1) is 11.6 Å². The van der Waals surface area contributed by atoms with E-state index in [2.05, 4.69) is 32.2 Å². The van der Waals surface area contributed by atoms with Crippen LogP contribution in [0.5, 0.6) is 5.75 Å². The van der Waals surface area contributed by atoms with Crippen molar-refractivity contribution >= 4 is 11.6 Å². The maximum atomic E-state index is 6.25. The fraction of sp³-hybridized carbons (Fsp3) is 0.600. The minimum Gasteiger partial charge on any atom is -0.492 e. The summed E-state index contributed by atoms with van der Waals surface area (Å²) in [7, 11) is 1.94. The lowest BCUT2D eigenvalue weighted by Crippen LogP contribution is -2.13. The number of benzene rings is 1. The zero-order valence-electron chi connectivity index (χ0n) is 11.8. The predicted molar refractivity (Wildman–Crippen MR) is 78.5 cm³/mol. The summed E-state index contributed by atoms with van der Waals surface area (Å²) in [4.78, 5) is 0. The van der Waals surface area contributed by atoms with Crippen LogP contribution in [0.2, 0.25) is 5.02 Å². The van der Waals surface area contributed by atoms with Crippen molar-refractivity contribution in [2.24, 2.45) is 5.92 Å². The molecule has 3 heteroatoms. The molecule has 0 saturated carbocycles. The van der Waals surface area contributed by atoms with Gasteiger partial charge in [-0.05, 0) is 37.6 Å². The Morgan fingerprint density at radius 2 is 1.94 bits per heavy atom. The first-order chi connectivity index (χ1) is 8.62. The minimum atomic E-state index is 0.301. The van der Waals surface area contributed by atoms with Crippen molar-refractivity contribution in [1.82, 2.24) is 5.32 Å². The van der Waals surface area contributed by atoms with Gasteiger partial charge in [0.25, 0.3) is 0 Å². The summed E-state index contributed by atoms with van der Waals surface area (Å²) in [6.07, 6.45) is 2.28. The Labute approximate surface area is 116 Å². The predicted octanol–water partition coefficient (Wildman–Crippen LogP) is 4.44. The number of rotatable bonds is 7. The quantitative estimate of drug-likeness (QED) is 0.790. The van der Waals surface area contributed by atoms with Gasteiger partial charge in [-0.2, -0.15) is 0 Å². The molecule has 1 unspecified atom stereocenters. The first-order valence-corrected chi connectivity index (χ1v) is 7.09. The lowest BCUT2D eigenvalue weighted by Gasteiger charge is -2.16. The van der Waals surface area contributed by atoms with Gasteiger partial charge in [0.2, 0.25) is 0 Å². The summed E-state index contributed by atoms with van der Waals surface area (Å²) < 4.78 is 5.80. The molecule has 0 fully saturated rings. The van der Waals surface area contributed by atoms with Crippen LogP contribution in [0.25, 0.3) is 0 Å². The molecule has 1 aromatic carbocycles. The summed E-state index contributed by atoms with van der Waals surface area (Å²) >= 11 is 6.25. The second kappa shape index (κ2) is 7.65. The molecule has 0 spiro atoms. The van der Waals surface area contributed by atoms with E-state index < -0.39 is 0 Å². The molecule has 0 aliphatic heterocycles. The molecule has 2 nitrogen and oxygen atoms in total. The fourth-order valence-electron chi connectivity index (χ4n) is 1.80. The average Bonchev–Trinajstić information content (AvgIpc) is 2.40. The molecule has 1 atom stereocenters. The van der Waals surface area contributed by atoms with Crippen LogP contribution in [0.1, 0.15) is 45.2 Å². The molecule has 1 aromatic rings. The van der Waals surface area contributed by atoms with Gasteiger partial charge in [-0.15, -0.1) is 0 Å². The molecule has 0 bridgehead atoms. The van der Waals surface area contributed by atoms with E-state index in [1.165, 1.54) is 5.56 Å². The van der Waals surface area contributed by atoms with E-state index in [4.69, 9.17) is 16.3 Å². The lowest BCUT2D eigenvalue weighted by molar-refractivity contribution is 0.240. The van der Waals surface area contributed by atoms with Crippen LogP contribution in [0.15, 0.2) is 18.2 Å². The van der Waals surface area contributed by atoms with E-state index in [1.807, 2.05) is 19.2 Å². The van der Waals surface area contributed by atoms with Crippen LogP contribution >= 0.6 is 11.6 Å². The van der Waals surface area contributed by atoms with Crippen LogP contribution in [0, 0.1) is 5.92 Å². The van der Waals surface area contributed by atoms with Gasteiger partial charge in [0.1, 0.15) is 5.75 Å². The molecule has 0 aliphatic carbocycles. The molecular weight excluding hydrogens is 246 g/mol. The number of halogens is 1. The molecular formula is C15H24ClNO. The Morgan fingerprint density at radius 3 is 2.44 bits per heavy atom. The van der Waals surface area contributed by atoms with E-state index in [-0.39, 0.29) is 0 Å². The number of hydrogen-bond donors (Lipinski definition) is 1. The van der Waals surface area contributed by atoms with Crippen molar-refractivity contribution in [2.45, 2.75) is 39.7 Å². The first-order valence-electron chi connectivity index (χ1n) is 6.71. The topological polar surface area (TPSA) is 21.3 Å². The van der Waals surface area contributed by atoms with Crippen molar-refractivity contribution in [1.29, 1.82) is 0 Å². The Hall–Kier alpha value is -0.730. The van der Waals surface area contributed by atoms with Crippen molar-refractivity contribution in [3.8, 4) is 5.75 Å². The van der Waals surface area contributed by atoms with Crippen molar-refractivity contribution in [3.63, 3.8) is 0 Å². The maximum Gasteiger partial charge on any atom is 0.137 e. The molecule has 1 N–H and O–H groups in total. The lowest BCUT2D eigenvalue weighted by atomic mass is 10.1. The molecule has 0 aromatic heterocycles. The Kier molecular flexibility index (Phi) is 6.51. The average molecular weight is 270 g/mol. The van der Waals surface area contributed by atoms with Crippen LogP contribution in [0.4, 0.5) is 0 Å². The Bertz CT molecular complexity index is 364. The third kappa shape index (κ3) is 4.18. The van der Waals surface area contributed by atoms with Crippen LogP contribution in [-0.2, 0) is 0 Å². The Morgan fingerprint density at radius 1 is 1.28 bits per heavy atom. The van der Waals surface area contributed by atoms with Gasteiger partial charge in [-0.25, -0.2) is 0 Å². The van der Waals surface area contributed by atoms with E-state index in [1.54, 1.807) is 0 Å². The fourth-order valence-corrected chi connectivity index (χ4v) is 2.05. The first kappa shape index (κ1) is 15.3. The SMILES string of the molecule is CCC(CC)COc1ccc(C(C)NC)cc1Cl. The monoisotopic (exact) mass is 269 g/mol. The second-order valence-electron chi connectivity index (χ2n) is 4.69. The molecule has 0 heterocycles. The third-order valence-corrected chi connectivity index (χ3v) is 3.81. The van der Waals surface area contributed by atoms with Gasteiger partial charge in [-0.3, -0.25) is 0 Å². The van der Waals surface area contributed by atoms with Gasteiger partial charge in [0, 0.05) is 6.04 Å². The summed E-state index contributed by atoms with van der Waals surface area (Å²) in [5, 5.41) is 3.89. The van der Waals surface area contributed by atoms with E-state index >= 15 is 0 Å². The number of nitrogens with one attached hydrogen (secondary N) is 1. The van der Waals surface area contributed by atoms with Gasteiger partial charge in [0.15, 0.2) is 0 Å². The molecule has 102 valence electrons. The van der Waals surface area contributed by atoms with Crippen LogP contribution in [-0.4, -0.2) is 13.7 Å². The molecule has 1 rings (SSSR count). The van der Waals surface area contributed by atoms with Gasteiger partial charge >= 0.3 is 0 Å². The molecule has 18 heavy (non-hydrogen) atoms. The zero-order valence-corrected chi connectivity index (χ0v) is 12.6. The molecule has 0 radical (unpaired) electrons. The van der Waals surface area contributed by atoms with Crippen molar-refractivity contribution < 1.29 is 4.74 Å². The highest BCUT2D eigenvalue weighted by Crippen LogP contribution is 2.28. The standard InChI is InChI=1S/C15H24ClNO/c1-5-12(6-2)10-18-15-8-7-13(9-14(15)16)11(3)17-4/h7-9,11-12,17H,5-6,10H2,1-4H3. The summed E-state index contributed by atoms with van der Waals surface area (Å²) in [6.45, 7) is 7.23. The van der Waals surface area contributed by atoms with Crippen molar-refractivity contribution in [3.05, 3.63) is 28.8 Å². The van der Waals surface area contributed by atoms with Crippen molar-refractivity contribution in [2.75, 3.05) is 13.7 Å². The summed E-state index contributed by atoms with van der Waals surface area (Å²) in [5.41, 5.74) is 1.18. The largest absolute Gasteiger partial charge is 0.492 e. The van der Waals surface area contributed by atoms with Gasteiger partial charge in [-0.1, -0.05) is 44.4 Å². The molecule has 0 aliphatic rings.